The predicted molar refractivity (Wildman–Crippen MR) is 86.5 cm³/mol. The molecule has 0 saturated heterocycles. The van der Waals surface area contributed by atoms with E-state index >= 15 is 0 Å². The van der Waals surface area contributed by atoms with Crippen LogP contribution in [0.15, 0.2) is 28.9 Å². The maximum Gasteiger partial charge on any atom is 0.207 e. The molecular formula is C16H19BrFN3. The minimum absolute atomic E-state index is 0.246. The summed E-state index contributed by atoms with van der Waals surface area (Å²) in [6, 6.07) is 5.21. The second kappa shape index (κ2) is 6.18. The summed E-state index contributed by atoms with van der Waals surface area (Å²) in [5.74, 6) is 0.593. The largest absolute Gasteiger partial charge is 0.353 e. The summed E-state index contributed by atoms with van der Waals surface area (Å²) in [5.41, 5.74) is 1.85. The molecule has 3 nitrogen and oxygen atoms in total. The van der Waals surface area contributed by atoms with E-state index in [1.807, 2.05) is 17.7 Å². The van der Waals surface area contributed by atoms with Gasteiger partial charge in [0.25, 0.3) is 0 Å². The summed E-state index contributed by atoms with van der Waals surface area (Å²) in [6.07, 6.45) is 8.24. The number of benzene rings is 1. The molecule has 0 atom stereocenters. The average molecular weight is 352 g/mol. The van der Waals surface area contributed by atoms with Crippen molar-refractivity contribution in [1.29, 1.82) is 0 Å². The Balaban J connectivity index is 1.91. The Morgan fingerprint density at radius 1 is 1.29 bits per heavy atom. The van der Waals surface area contributed by atoms with Crippen molar-refractivity contribution >= 4 is 21.9 Å². The summed E-state index contributed by atoms with van der Waals surface area (Å²) in [6.45, 7) is 1.97. The molecule has 112 valence electrons. The van der Waals surface area contributed by atoms with Crippen LogP contribution in [0, 0.1) is 12.7 Å². The first-order valence-corrected chi connectivity index (χ1v) is 8.21. The van der Waals surface area contributed by atoms with Gasteiger partial charge < -0.3 is 5.32 Å². The van der Waals surface area contributed by atoms with E-state index in [1.54, 1.807) is 6.07 Å². The predicted octanol–water partition coefficient (Wildman–Crippen LogP) is 4.83. The van der Waals surface area contributed by atoms with E-state index in [1.165, 1.54) is 44.2 Å². The van der Waals surface area contributed by atoms with Gasteiger partial charge in [0.1, 0.15) is 5.82 Å². The van der Waals surface area contributed by atoms with Crippen molar-refractivity contribution in [2.75, 3.05) is 5.32 Å². The lowest BCUT2D eigenvalue weighted by Gasteiger charge is -2.23. The van der Waals surface area contributed by atoms with Crippen molar-refractivity contribution in [3.05, 3.63) is 40.4 Å². The van der Waals surface area contributed by atoms with Crippen molar-refractivity contribution in [3.8, 4) is 5.69 Å². The third-order valence-electron chi connectivity index (χ3n) is 3.93. The zero-order valence-corrected chi connectivity index (χ0v) is 13.7. The minimum Gasteiger partial charge on any atom is -0.353 e. The topological polar surface area (TPSA) is 29.9 Å². The Morgan fingerprint density at radius 3 is 2.76 bits per heavy atom. The fraction of sp³-hybridized carbons (Fsp3) is 0.438. The van der Waals surface area contributed by atoms with Gasteiger partial charge in [-0.1, -0.05) is 19.3 Å². The summed E-state index contributed by atoms with van der Waals surface area (Å²) >= 11 is 3.44. The summed E-state index contributed by atoms with van der Waals surface area (Å²) in [5, 5.41) is 3.55. The lowest BCUT2D eigenvalue weighted by molar-refractivity contribution is 0.460. The minimum atomic E-state index is -0.246. The highest BCUT2D eigenvalue weighted by molar-refractivity contribution is 9.10. The number of aromatic nitrogens is 2. The lowest BCUT2D eigenvalue weighted by Crippen LogP contribution is -2.24. The fourth-order valence-corrected chi connectivity index (χ4v) is 3.43. The van der Waals surface area contributed by atoms with Crippen molar-refractivity contribution in [2.24, 2.45) is 0 Å². The Morgan fingerprint density at radius 2 is 2.05 bits per heavy atom. The van der Waals surface area contributed by atoms with Crippen molar-refractivity contribution in [2.45, 2.75) is 45.1 Å². The maximum absolute atomic E-state index is 13.3. The number of halogens is 2. The molecule has 0 spiro atoms. The number of hydrogen-bond donors (Lipinski definition) is 1. The van der Waals surface area contributed by atoms with E-state index in [-0.39, 0.29) is 5.82 Å². The molecule has 0 unspecified atom stereocenters. The van der Waals surface area contributed by atoms with E-state index in [0.29, 0.717) is 6.04 Å². The smallest absolute Gasteiger partial charge is 0.207 e. The van der Waals surface area contributed by atoms with E-state index in [0.717, 1.165) is 21.8 Å². The SMILES string of the molecule is Cc1cn(-c2ccc(F)cc2Br)c(NC2CCCCC2)n1. The highest BCUT2D eigenvalue weighted by Crippen LogP contribution is 2.27. The van der Waals surface area contributed by atoms with E-state index in [9.17, 15) is 4.39 Å². The summed E-state index contributed by atoms with van der Waals surface area (Å²) in [4.78, 5) is 4.58. The maximum atomic E-state index is 13.3. The molecular weight excluding hydrogens is 333 g/mol. The fourth-order valence-electron chi connectivity index (χ4n) is 2.89. The van der Waals surface area contributed by atoms with Crippen LogP contribution in [0.4, 0.5) is 10.3 Å². The molecule has 1 heterocycles. The third kappa shape index (κ3) is 3.28. The van der Waals surface area contributed by atoms with Gasteiger partial charge in [-0.2, -0.15) is 0 Å². The number of aryl methyl sites for hydroxylation is 1. The number of hydrogen-bond acceptors (Lipinski definition) is 2. The quantitative estimate of drug-likeness (QED) is 0.858. The second-order valence-electron chi connectivity index (χ2n) is 5.65. The third-order valence-corrected chi connectivity index (χ3v) is 4.57. The molecule has 1 N–H and O–H groups in total. The van der Waals surface area contributed by atoms with E-state index in [2.05, 4.69) is 26.2 Å². The van der Waals surface area contributed by atoms with Gasteiger partial charge in [0, 0.05) is 16.7 Å². The molecule has 1 saturated carbocycles. The van der Waals surface area contributed by atoms with Gasteiger partial charge in [0.2, 0.25) is 5.95 Å². The Kier molecular flexibility index (Phi) is 4.29. The number of nitrogens with one attached hydrogen (secondary N) is 1. The van der Waals surface area contributed by atoms with Gasteiger partial charge >= 0.3 is 0 Å². The molecule has 21 heavy (non-hydrogen) atoms. The van der Waals surface area contributed by atoms with Gasteiger partial charge in [-0.25, -0.2) is 9.37 Å². The molecule has 2 aromatic rings. The van der Waals surface area contributed by atoms with Gasteiger partial charge in [0.15, 0.2) is 0 Å². The first kappa shape index (κ1) is 14.6. The number of imidazole rings is 1. The van der Waals surface area contributed by atoms with Gasteiger partial charge in [0.05, 0.1) is 11.4 Å². The molecule has 1 aromatic carbocycles. The number of nitrogens with zero attached hydrogens (tertiary/aromatic N) is 2. The number of rotatable bonds is 3. The van der Waals surface area contributed by atoms with Crippen molar-refractivity contribution < 1.29 is 4.39 Å². The van der Waals surface area contributed by atoms with Crippen LogP contribution in [0.3, 0.4) is 0 Å². The molecule has 0 radical (unpaired) electrons. The van der Waals surface area contributed by atoms with E-state index in [4.69, 9.17) is 0 Å². The average Bonchev–Trinajstić information content (AvgIpc) is 2.80. The molecule has 1 fully saturated rings. The molecule has 0 aliphatic heterocycles. The van der Waals surface area contributed by atoms with Crippen LogP contribution >= 0.6 is 15.9 Å². The van der Waals surface area contributed by atoms with Crippen LogP contribution in [-0.2, 0) is 0 Å². The standard InChI is InChI=1S/C16H19BrFN3/c1-11-10-21(15-8-7-12(18)9-14(15)17)16(19-11)20-13-5-3-2-4-6-13/h7-10,13H,2-6H2,1H3,(H,19,20). The zero-order valence-electron chi connectivity index (χ0n) is 12.1. The first-order chi connectivity index (χ1) is 10.1. The highest BCUT2D eigenvalue weighted by Gasteiger charge is 2.17. The summed E-state index contributed by atoms with van der Waals surface area (Å²) < 4.78 is 16.0. The Labute approximate surface area is 132 Å². The molecule has 1 aromatic heterocycles. The van der Waals surface area contributed by atoms with Crippen LogP contribution in [0.25, 0.3) is 5.69 Å². The molecule has 1 aliphatic rings. The normalized spacial score (nSPS) is 16.1. The molecule has 0 amide bonds. The monoisotopic (exact) mass is 351 g/mol. The van der Waals surface area contributed by atoms with Gasteiger partial charge in [-0.05, 0) is 53.9 Å². The second-order valence-corrected chi connectivity index (χ2v) is 6.51. The highest BCUT2D eigenvalue weighted by atomic mass is 79.9. The first-order valence-electron chi connectivity index (χ1n) is 7.41. The molecule has 1 aliphatic carbocycles. The molecule has 3 rings (SSSR count). The molecule has 0 bridgehead atoms. The Bertz CT molecular complexity index is 632. The van der Waals surface area contributed by atoms with Crippen LogP contribution in [0.1, 0.15) is 37.8 Å². The zero-order chi connectivity index (χ0) is 14.8. The van der Waals surface area contributed by atoms with Crippen LogP contribution < -0.4 is 5.32 Å². The van der Waals surface area contributed by atoms with Crippen molar-refractivity contribution in [3.63, 3.8) is 0 Å². The Hall–Kier alpha value is -1.36. The van der Waals surface area contributed by atoms with Crippen LogP contribution in [0.5, 0.6) is 0 Å². The summed E-state index contributed by atoms with van der Waals surface area (Å²) in [7, 11) is 0. The van der Waals surface area contributed by atoms with E-state index < -0.39 is 0 Å². The van der Waals surface area contributed by atoms with Crippen LogP contribution in [0.2, 0.25) is 0 Å². The van der Waals surface area contributed by atoms with Crippen LogP contribution in [-0.4, -0.2) is 15.6 Å². The number of anilines is 1. The van der Waals surface area contributed by atoms with Gasteiger partial charge in [-0.15, -0.1) is 0 Å². The molecule has 5 heteroatoms. The van der Waals surface area contributed by atoms with Gasteiger partial charge in [-0.3, -0.25) is 4.57 Å². The lowest BCUT2D eigenvalue weighted by atomic mass is 9.96. The van der Waals surface area contributed by atoms with Crippen molar-refractivity contribution in [1.82, 2.24) is 9.55 Å².